The molecule has 2 heterocycles. The third-order valence-corrected chi connectivity index (χ3v) is 2.07. The molecule has 2 rings (SSSR count). The summed E-state index contributed by atoms with van der Waals surface area (Å²) in [6, 6.07) is 8.51. The molecule has 0 aromatic carbocycles. The lowest BCUT2D eigenvalue weighted by atomic mass is 10.2. The summed E-state index contributed by atoms with van der Waals surface area (Å²) in [6.45, 7) is 0.190. The van der Waals surface area contributed by atoms with Gasteiger partial charge in [-0.15, -0.1) is 0 Å². The molecule has 2 aromatic heterocycles. The van der Waals surface area contributed by atoms with Gasteiger partial charge in [0.05, 0.1) is 17.0 Å². The Morgan fingerprint density at radius 2 is 2.12 bits per heavy atom. The summed E-state index contributed by atoms with van der Waals surface area (Å²) in [7, 11) is 0. The summed E-state index contributed by atoms with van der Waals surface area (Å²) >= 11 is 0. The molecule has 2 N–H and O–H groups in total. The van der Waals surface area contributed by atoms with Crippen molar-refractivity contribution in [1.82, 2.24) is 9.97 Å². The van der Waals surface area contributed by atoms with Crippen LogP contribution in [-0.2, 0) is 11.4 Å². The number of rotatable bonds is 3. The molecule has 0 radical (unpaired) electrons. The minimum Gasteiger partial charge on any atom is -0.298 e. The zero-order valence-corrected chi connectivity index (χ0v) is 8.43. The van der Waals surface area contributed by atoms with Crippen LogP contribution >= 0.6 is 0 Å². The number of nitrogens with zero attached hydrogens (tertiary/aromatic N) is 2. The zero-order valence-electron chi connectivity index (χ0n) is 8.43. The van der Waals surface area contributed by atoms with Crippen molar-refractivity contribution >= 4 is 0 Å². The first-order chi connectivity index (χ1) is 7.81. The number of pyridine rings is 2. The molecule has 0 fully saturated rings. The highest BCUT2D eigenvalue weighted by Crippen LogP contribution is 2.18. The highest BCUT2D eigenvalue weighted by atomic mass is 19.1. The summed E-state index contributed by atoms with van der Waals surface area (Å²) in [5.41, 5.74) is 1.52. The first-order valence-corrected chi connectivity index (χ1v) is 4.70. The van der Waals surface area contributed by atoms with Crippen LogP contribution in [0.2, 0.25) is 0 Å². The van der Waals surface area contributed by atoms with Gasteiger partial charge in [-0.3, -0.25) is 9.82 Å². The van der Waals surface area contributed by atoms with Crippen molar-refractivity contribution in [3.8, 4) is 11.3 Å². The molecule has 4 nitrogen and oxygen atoms in total. The molecule has 0 amide bonds. The van der Waals surface area contributed by atoms with Gasteiger partial charge in [0, 0.05) is 6.20 Å². The first-order valence-electron chi connectivity index (χ1n) is 4.70. The summed E-state index contributed by atoms with van der Waals surface area (Å²) < 4.78 is 13.4. The topological polar surface area (TPSA) is 61.0 Å². The van der Waals surface area contributed by atoms with Crippen molar-refractivity contribution in [1.29, 1.82) is 0 Å². The van der Waals surface area contributed by atoms with Crippen LogP contribution in [-0.4, -0.2) is 9.97 Å². The van der Waals surface area contributed by atoms with E-state index in [-0.39, 0.29) is 6.61 Å². The number of halogens is 1. The standard InChI is InChI=1S/C11H10FN3O/c12-11-9(4-2-6-14-11)10-5-1-3-8(15-10)7-16-13/h1-6H,7,13H2. The van der Waals surface area contributed by atoms with Crippen LogP contribution < -0.4 is 5.90 Å². The Morgan fingerprint density at radius 1 is 1.25 bits per heavy atom. The van der Waals surface area contributed by atoms with Crippen molar-refractivity contribution in [2.24, 2.45) is 5.90 Å². The highest BCUT2D eigenvalue weighted by molar-refractivity contribution is 5.58. The highest BCUT2D eigenvalue weighted by Gasteiger charge is 2.06. The Kier molecular flexibility index (Phi) is 3.19. The Hall–Kier alpha value is -1.85. The average molecular weight is 219 g/mol. The molecular weight excluding hydrogens is 209 g/mol. The number of hydrogen-bond donors (Lipinski definition) is 1. The largest absolute Gasteiger partial charge is 0.298 e. The minimum absolute atomic E-state index is 0.190. The molecule has 0 aliphatic rings. The van der Waals surface area contributed by atoms with Gasteiger partial charge in [-0.1, -0.05) is 6.07 Å². The summed E-state index contributed by atoms with van der Waals surface area (Å²) in [6.07, 6.45) is 1.39. The van der Waals surface area contributed by atoms with Crippen LogP contribution in [0.5, 0.6) is 0 Å². The zero-order chi connectivity index (χ0) is 11.4. The fraction of sp³-hybridized carbons (Fsp3) is 0.0909. The van der Waals surface area contributed by atoms with Gasteiger partial charge in [-0.2, -0.15) is 4.39 Å². The molecule has 0 unspecified atom stereocenters. The van der Waals surface area contributed by atoms with E-state index < -0.39 is 5.95 Å². The molecule has 82 valence electrons. The van der Waals surface area contributed by atoms with Crippen LogP contribution in [0.4, 0.5) is 4.39 Å². The molecule has 0 saturated heterocycles. The van der Waals surface area contributed by atoms with Crippen LogP contribution in [0, 0.1) is 5.95 Å². The van der Waals surface area contributed by atoms with Gasteiger partial charge in [-0.25, -0.2) is 10.9 Å². The predicted molar refractivity (Wildman–Crippen MR) is 56.4 cm³/mol. The summed E-state index contributed by atoms with van der Waals surface area (Å²) in [5.74, 6) is 4.41. The van der Waals surface area contributed by atoms with Gasteiger partial charge in [0.15, 0.2) is 0 Å². The monoisotopic (exact) mass is 219 g/mol. The number of hydrogen-bond acceptors (Lipinski definition) is 4. The molecule has 0 saturated carbocycles. The van der Waals surface area contributed by atoms with Gasteiger partial charge in [0.2, 0.25) is 5.95 Å². The van der Waals surface area contributed by atoms with Gasteiger partial charge < -0.3 is 0 Å². The van der Waals surface area contributed by atoms with E-state index in [1.807, 2.05) is 0 Å². The maximum absolute atomic E-state index is 13.4. The molecule has 0 aliphatic heterocycles. The van der Waals surface area contributed by atoms with E-state index in [0.717, 1.165) is 0 Å². The lowest BCUT2D eigenvalue weighted by molar-refractivity contribution is 0.121. The van der Waals surface area contributed by atoms with E-state index in [4.69, 9.17) is 5.90 Å². The molecule has 5 heteroatoms. The van der Waals surface area contributed by atoms with E-state index in [2.05, 4.69) is 14.8 Å². The quantitative estimate of drug-likeness (QED) is 0.630. The number of nitrogens with two attached hydrogens (primary N) is 1. The van der Waals surface area contributed by atoms with E-state index >= 15 is 0 Å². The number of aromatic nitrogens is 2. The normalized spacial score (nSPS) is 10.4. The van der Waals surface area contributed by atoms with E-state index in [1.54, 1.807) is 30.3 Å². The van der Waals surface area contributed by atoms with Crippen molar-refractivity contribution in [2.45, 2.75) is 6.61 Å². The van der Waals surface area contributed by atoms with Gasteiger partial charge >= 0.3 is 0 Å². The van der Waals surface area contributed by atoms with E-state index in [0.29, 0.717) is 17.0 Å². The molecule has 16 heavy (non-hydrogen) atoms. The van der Waals surface area contributed by atoms with Crippen molar-refractivity contribution in [3.05, 3.63) is 48.2 Å². The molecule has 0 bridgehead atoms. The van der Waals surface area contributed by atoms with Crippen molar-refractivity contribution < 1.29 is 9.23 Å². The Labute approximate surface area is 91.9 Å². The van der Waals surface area contributed by atoms with Crippen LogP contribution in [0.3, 0.4) is 0 Å². The van der Waals surface area contributed by atoms with E-state index in [1.165, 1.54) is 6.20 Å². The van der Waals surface area contributed by atoms with Crippen molar-refractivity contribution in [2.75, 3.05) is 0 Å². The van der Waals surface area contributed by atoms with Gasteiger partial charge in [-0.05, 0) is 24.3 Å². The third kappa shape index (κ3) is 2.21. The minimum atomic E-state index is -0.541. The lowest BCUT2D eigenvalue weighted by Gasteiger charge is -2.03. The first kappa shape index (κ1) is 10.7. The summed E-state index contributed by atoms with van der Waals surface area (Å²) in [5, 5.41) is 0. The maximum atomic E-state index is 13.4. The molecule has 2 aromatic rings. The second-order valence-electron chi connectivity index (χ2n) is 3.17. The maximum Gasteiger partial charge on any atom is 0.222 e. The van der Waals surface area contributed by atoms with Gasteiger partial charge in [0.1, 0.15) is 6.61 Å². The van der Waals surface area contributed by atoms with Crippen LogP contribution in [0.15, 0.2) is 36.5 Å². The second-order valence-corrected chi connectivity index (χ2v) is 3.17. The molecule has 0 aliphatic carbocycles. The molecular formula is C11H10FN3O. The predicted octanol–water partition coefficient (Wildman–Crippen LogP) is 1.67. The Bertz CT molecular complexity index is 490. The Morgan fingerprint density at radius 3 is 2.88 bits per heavy atom. The fourth-order valence-corrected chi connectivity index (χ4v) is 1.37. The molecule has 0 atom stereocenters. The summed E-state index contributed by atoms with van der Waals surface area (Å²) in [4.78, 5) is 12.3. The smallest absolute Gasteiger partial charge is 0.222 e. The fourth-order valence-electron chi connectivity index (χ4n) is 1.37. The lowest BCUT2D eigenvalue weighted by Crippen LogP contribution is -2.01. The van der Waals surface area contributed by atoms with Crippen molar-refractivity contribution in [3.63, 3.8) is 0 Å². The van der Waals surface area contributed by atoms with Crippen LogP contribution in [0.1, 0.15) is 5.69 Å². The SMILES string of the molecule is NOCc1cccc(-c2cccnc2F)n1. The Balaban J connectivity index is 2.40. The van der Waals surface area contributed by atoms with Crippen LogP contribution in [0.25, 0.3) is 11.3 Å². The molecule has 0 spiro atoms. The van der Waals surface area contributed by atoms with E-state index in [9.17, 15) is 4.39 Å². The van der Waals surface area contributed by atoms with Gasteiger partial charge in [0.25, 0.3) is 0 Å². The second kappa shape index (κ2) is 4.78. The average Bonchev–Trinajstić information content (AvgIpc) is 2.30. The third-order valence-electron chi connectivity index (χ3n) is 2.07.